The molecule has 14 heteroatoms. The SMILES string of the molecule is CN(CCCC(=O)Nc1ccc(CNC[C@H](O)c2ccc(O)c3c2OCC(=O)N3)cc1)C(=O)CCN1C[C@H]2CC(OC(=O)Nc3ccccc3-c3ccccc3)C[C@H]2C1. The highest BCUT2D eigenvalue weighted by Gasteiger charge is 2.42. The lowest BCUT2D eigenvalue weighted by Gasteiger charge is -2.24. The van der Waals surface area contributed by atoms with Crippen LogP contribution in [0.3, 0.4) is 0 Å². The van der Waals surface area contributed by atoms with Crippen molar-refractivity contribution in [1.29, 1.82) is 0 Å². The van der Waals surface area contributed by atoms with E-state index in [4.69, 9.17) is 9.47 Å². The third-order valence-corrected chi connectivity index (χ3v) is 11.3. The number of carbonyl (C=O) groups is 4. The molecule has 3 aliphatic rings. The van der Waals surface area contributed by atoms with Gasteiger partial charge in [0.25, 0.3) is 5.91 Å². The monoisotopic (exact) mass is 804 g/mol. The predicted octanol–water partition coefficient (Wildman–Crippen LogP) is 5.74. The first-order valence-electron chi connectivity index (χ1n) is 20.2. The molecule has 4 atom stereocenters. The number of ether oxygens (including phenoxy) is 2. The maximum Gasteiger partial charge on any atom is 0.411 e. The number of phenolic OH excluding ortho intramolecular Hbond substituents is 1. The molecule has 7 rings (SSSR count). The maximum absolute atomic E-state index is 12.9. The molecule has 310 valence electrons. The Morgan fingerprint density at radius 3 is 2.42 bits per heavy atom. The van der Waals surface area contributed by atoms with E-state index in [-0.39, 0.29) is 60.6 Å². The van der Waals surface area contributed by atoms with E-state index in [1.165, 1.54) is 6.07 Å². The van der Waals surface area contributed by atoms with Crippen LogP contribution in [0.25, 0.3) is 11.1 Å². The van der Waals surface area contributed by atoms with Crippen molar-refractivity contribution in [3.8, 4) is 22.6 Å². The number of aliphatic hydroxyl groups is 1. The number of likely N-dealkylation sites (tertiary alicyclic amines) is 1. The van der Waals surface area contributed by atoms with E-state index in [2.05, 4.69) is 26.2 Å². The minimum atomic E-state index is -0.939. The summed E-state index contributed by atoms with van der Waals surface area (Å²) in [5, 5.41) is 32.4. The molecule has 1 saturated carbocycles. The summed E-state index contributed by atoms with van der Waals surface area (Å²) < 4.78 is 11.3. The number of benzene rings is 4. The topological polar surface area (TPSA) is 182 Å². The first-order chi connectivity index (χ1) is 28.6. The van der Waals surface area contributed by atoms with Crippen LogP contribution in [0.1, 0.15) is 49.3 Å². The van der Waals surface area contributed by atoms with Crippen molar-refractivity contribution in [1.82, 2.24) is 15.1 Å². The molecule has 0 spiro atoms. The molecule has 4 aromatic rings. The van der Waals surface area contributed by atoms with Crippen LogP contribution in [0.4, 0.5) is 21.9 Å². The van der Waals surface area contributed by atoms with Crippen LogP contribution < -0.4 is 26.0 Å². The van der Waals surface area contributed by atoms with E-state index in [0.29, 0.717) is 55.6 Å². The smallest absolute Gasteiger partial charge is 0.411 e. The van der Waals surface area contributed by atoms with Crippen LogP contribution in [0, 0.1) is 11.8 Å². The summed E-state index contributed by atoms with van der Waals surface area (Å²) >= 11 is 0. The first kappa shape index (κ1) is 41.2. The summed E-state index contributed by atoms with van der Waals surface area (Å²) in [5.74, 6) is 0.552. The first-order valence-corrected chi connectivity index (χ1v) is 20.2. The van der Waals surface area contributed by atoms with Crippen molar-refractivity contribution in [3.63, 3.8) is 0 Å². The number of anilines is 3. The van der Waals surface area contributed by atoms with Gasteiger partial charge < -0.3 is 45.4 Å². The Kier molecular flexibility index (Phi) is 13.4. The Morgan fingerprint density at radius 2 is 1.66 bits per heavy atom. The molecule has 0 aromatic heterocycles. The fraction of sp³-hybridized carbons (Fsp3) is 0.378. The normalized spacial score (nSPS) is 18.8. The zero-order valence-electron chi connectivity index (χ0n) is 33.2. The zero-order chi connectivity index (χ0) is 41.3. The van der Waals surface area contributed by atoms with E-state index >= 15 is 0 Å². The van der Waals surface area contributed by atoms with E-state index in [1.807, 2.05) is 78.9 Å². The molecule has 1 aliphatic carbocycles. The molecule has 4 amide bonds. The van der Waals surface area contributed by atoms with Crippen LogP contribution in [-0.2, 0) is 25.7 Å². The van der Waals surface area contributed by atoms with Gasteiger partial charge in [0.2, 0.25) is 11.8 Å². The Bertz CT molecular complexity index is 2100. The highest BCUT2D eigenvalue weighted by Crippen LogP contribution is 2.42. The van der Waals surface area contributed by atoms with Gasteiger partial charge in [-0.15, -0.1) is 0 Å². The largest absolute Gasteiger partial charge is 0.506 e. The highest BCUT2D eigenvalue weighted by atomic mass is 16.6. The quantitative estimate of drug-likeness (QED) is 0.0765. The molecule has 14 nitrogen and oxygen atoms in total. The predicted molar refractivity (Wildman–Crippen MR) is 224 cm³/mol. The fourth-order valence-corrected chi connectivity index (χ4v) is 8.25. The Hall–Kier alpha value is -5.96. The average Bonchev–Trinajstić information content (AvgIpc) is 3.79. The summed E-state index contributed by atoms with van der Waals surface area (Å²) in [6.07, 6.45) is 1.39. The van der Waals surface area contributed by atoms with Crippen LogP contribution in [0.2, 0.25) is 0 Å². The third-order valence-electron chi connectivity index (χ3n) is 11.3. The number of amides is 4. The van der Waals surface area contributed by atoms with Gasteiger partial charge in [0.05, 0.1) is 11.8 Å². The fourth-order valence-electron chi connectivity index (χ4n) is 8.25. The number of hydrogen-bond donors (Lipinski definition) is 6. The van der Waals surface area contributed by atoms with Gasteiger partial charge in [-0.1, -0.05) is 60.7 Å². The lowest BCUT2D eigenvalue weighted by atomic mass is 10.0. The standard InChI is InChI=1S/C45H52N6O8/c1-50(20-7-12-40(54)47-33-15-13-29(14-16-33)24-46-25-39(53)36-17-18-38(52)43-44(36)58-28-41(55)49-43)42(56)19-21-51-26-31-22-34(23-32(31)27-51)59-45(57)48-37-11-6-5-10-35(37)30-8-3-2-4-9-30/h2-6,8-11,13-18,31-32,34,39,46,52-53H,7,12,19-28H2,1H3,(H,47,54)(H,48,57)(H,49,55)/t31-,32+,34?,39-/m0/s1. The van der Waals surface area contributed by atoms with Gasteiger partial charge in [-0.2, -0.15) is 0 Å². The Morgan fingerprint density at radius 1 is 0.932 bits per heavy atom. The number of nitrogens with zero attached hydrogens (tertiary/aromatic N) is 2. The van der Waals surface area contributed by atoms with Gasteiger partial charge in [0.15, 0.2) is 12.4 Å². The van der Waals surface area contributed by atoms with Gasteiger partial charge in [-0.3, -0.25) is 19.7 Å². The van der Waals surface area contributed by atoms with Crippen molar-refractivity contribution >= 4 is 40.9 Å². The van der Waals surface area contributed by atoms with Crippen molar-refractivity contribution in [2.24, 2.45) is 11.8 Å². The molecule has 2 fully saturated rings. The zero-order valence-corrected chi connectivity index (χ0v) is 33.2. The van der Waals surface area contributed by atoms with Crippen LogP contribution in [0.15, 0.2) is 91.0 Å². The number of para-hydroxylation sites is 1. The molecule has 0 radical (unpaired) electrons. The Balaban J connectivity index is 0.748. The molecule has 59 heavy (non-hydrogen) atoms. The lowest BCUT2D eigenvalue weighted by Crippen LogP contribution is -2.33. The van der Waals surface area contributed by atoms with Crippen molar-refractivity contribution in [3.05, 3.63) is 102 Å². The third kappa shape index (κ3) is 10.8. The maximum atomic E-state index is 12.9. The summed E-state index contributed by atoms with van der Waals surface area (Å²) in [4.78, 5) is 54.1. The number of carbonyl (C=O) groups excluding carboxylic acids is 4. The lowest BCUT2D eigenvalue weighted by molar-refractivity contribution is -0.130. The minimum Gasteiger partial charge on any atom is -0.506 e. The summed E-state index contributed by atoms with van der Waals surface area (Å²) in [6.45, 7) is 3.42. The highest BCUT2D eigenvalue weighted by molar-refractivity contribution is 5.97. The molecule has 6 N–H and O–H groups in total. The second kappa shape index (κ2) is 19.2. The average molecular weight is 805 g/mol. The molecular weight excluding hydrogens is 753 g/mol. The summed E-state index contributed by atoms with van der Waals surface area (Å²) in [6, 6.07) is 28.0. The van der Waals surface area contributed by atoms with Crippen molar-refractivity contribution in [2.75, 3.05) is 62.3 Å². The Labute approximate surface area is 343 Å². The number of nitrogens with one attached hydrogen (secondary N) is 4. The van der Waals surface area contributed by atoms with Gasteiger partial charge in [-0.05, 0) is 72.6 Å². The number of hydrogen-bond acceptors (Lipinski definition) is 10. The molecule has 1 unspecified atom stereocenters. The molecule has 4 aromatic carbocycles. The number of aromatic hydroxyl groups is 1. The van der Waals surface area contributed by atoms with Crippen LogP contribution in [0.5, 0.6) is 11.5 Å². The van der Waals surface area contributed by atoms with Crippen LogP contribution >= 0.6 is 0 Å². The number of rotatable bonds is 16. The van der Waals surface area contributed by atoms with Gasteiger partial charge in [-0.25, -0.2) is 4.79 Å². The van der Waals surface area contributed by atoms with Crippen molar-refractivity contribution in [2.45, 2.75) is 50.9 Å². The van der Waals surface area contributed by atoms with E-state index in [9.17, 15) is 29.4 Å². The van der Waals surface area contributed by atoms with E-state index < -0.39 is 12.2 Å². The molecule has 2 heterocycles. The van der Waals surface area contributed by atoms with Crippen molar-refractivity contribution < 1.29 is 38.9 Å². The molecule has 2 aliphatic heterocycles. The summed E-state index contributed by atoms with van der Waals surface area (Å²) in [5.41, 5.74) is 4.91. The summed E-state index contributed by atoms with van der Waals surface area (Å²) in [7, 11) is 1.78. The number of aliphatic hydroxyl groups excluding tert-OH is 1. The molecule has 1 saturated heterocycles. The number of phenols is 1. The minimum absolute atomic E-state index is 0.0529. The second-order valence-electron chi connectivity index (χ2n) is 15.6. The molecular formula is C45H52N6O8. The van der Waals surface area contributed by atoms with Gasteiger partial charge >= 0.3 is 6.09 Å². The van der Waals surface area contributed by atoms with Gasteiger partial charge in [0, 0.05) is 76.0 Å². The number of fused-ring (bicyclic) bond motifs is 2. The second-order valence-corrected chi connectivity index (χ2v) is 15.6. The molecule has 0 bridgehead atoms. The van der Waals surface area contributed by atoms with E-state index in [1.54, 1.807) is 18.0 Å². The van der Waals surface area contributed by atoms with Gasteiger partial charge in [0.1, 0.15) is 17.5 Å². The van der Waals surface area contributed by atoms with E-state index in [0.717, 1.165) is 48.3 Å². The van der Waals surface area contributed by atoms with Crippen LogP contribution in [-0.4, -0.2) is 96.3 Å².